The van der Waals surface area contributed by atoms with E-state index in [9.17, 15) is 8.76 Å². The van der Waals surface area contributed by atoms with Gasteiger partial charge in [-0.1, -0.05) is 83.3 Å². The van der Waals surface area contributed by atoms with Gasteiger partial charge in [0.25, 0.3) is 0 Å². The van der Waals surface area contributed by atoms with Crippen molar-refractivity contribution in [1.29, 1.82) is 0 Å². The van der Waals surface area contributed by atoms with Crippen LogP contribution in [-0.4, -0.2) is 8.76 Å². The van der Waals surface area contributed by atoms with Gasteiger partial charge in [-0.05, 0) is 41.6 Å². The predicted molar refractivity (Wildman–Crippen MR) is 93.8 cm³/mol. The van der Waals surface area contributed by atoms with Gasteiger partial charge in [0.15, 0.2) is 0 Å². The van der Waals surface area contributed by atoms with Crippen LogP contribution in [0.1, 0.15) is 83.1 Å². The molecule has 0 spiro atoms. The van der Waals surface area contributed by atoms with E-state index in [4.69, 9.17) is 0 Å². The zero-order chi connectivity index (χ0) is 16.0. The summed E-state index contributed by atoms with van der Waals surface area (Å²) < 4.78 is 21.5. The molecule has 1 aromatic rings. The van der Waals surface area contributed by atoms with Crippen LogP contribution in [0, 0.1) is 0 Å². The Balaban J connectivity index is 0.00000484. The van der Waals surface area contributed by atoms with Gasteiger partial charge in [0, 0.05) is 4.90 Å². The number of aryl methyl sites for hydroxylation is 1. The molecule has 0 fully saturated rings. The molecule has 1 atom stereocenters. The number of unbranched alkanes of at least 4 members (excludes halogenated alkanes) is 10. The fourth-order valence-electron chi connectivity index (χ4n) is 2.76. The second-order valence-electron chi connectivity index (χ2n) is 6.16. The Morgan fingerprint density at radius 3 is 1.65 bits per heavy atom. The second kappa shape index (κ2) is 15.8. The van der Waals surface area contributed by atoms with Crippen molar-refractivity contribution in [1.82, 2.24) is 0 Å². The summed E-state index contributed by atoms with van der Waals surface area (Å²) in [4.78, 5) is 0.377. The van der Waals surface area contributed by atoms with E-state index in [2.05, 4.69) is 6.92 Å². The largest absolute Gasteiger partial charge is 1.00 e. The molecular weight excluding hydrogens is 315 g/mol. The standard InChI is InChI=1S/C19H32O2S.Na/c1-2-3-4-5-6-7-8-9-10-11-12-13-18-14-16-19(17-15-18)22(20)21;/h14-17H,2-13H2,1H3,(H,20,21);/q;+1/p-1. The third-order valence-corrected chi connectivity index (χ3v) is 4.84. The summed E-state index contributed by atoms with van der Waals surface area (Å²) in [6.45, 7) is 2.26. The molecule has 23 heavy (non-hydrogen) atoms. The fraction of sp³-hybridized carbons (Fsp3) is 0.684. The van der Waals surface area contributed by atoms with E-state index in [1.54, 1.807) is 12.1 Å². The van der Waals surface area contributed by atoms with Crippen LogP contribution in [-0.2, 0) is 17.5 Å². The minimum Gasteiger partial charge on any atom is -0.768 e. The molecule has 0 heterocycles. The third kappa shape index (κ3) is 12.4. The monoisotopic (exact) mass is 346 g/mol. The van der Waals surface area contributed by atoms with Gasteiger partial charge in [0.1, 0.15) is 0 Å². The van der Waals surface area contributed by atoms with Crippen LogP contribution in [0.3, 0.4) is 0 Å². The average Bonchev–Trinajstić information content (AvgIpc) is 2.53. The minimum atomic E-state index is -2.10. The van der Waals surface area contributed by atoms with Crippen molar-refractivity contribution in [2.45, 2.75) is 88.9 Å². The molecule has 2 nitrogen and oxygen atoms in total. The van der Waals surface area contributed by atoms with Crippen molar-refractivity contribution in [3.63, 3.8) is 0 Å². The van der Waals surface area contributed by atoms with Crippen molar-refractivity contribution in [3.8, 4) is 0 Å². The van der Waals surface area contributed by atoms with Crippen molar-refractivity contribution < 1.29 is 38.3 Å². The Morgan fingerprint density at radius 2 is 1.22 bits per heavy atom. The normalized spacial score (nSPS) is 11.9. The summed E-state index contributed by atoms with van der Waals surface area (Å²) in [5, 5.41) is 0. The van der Waals surface area contributed by atoms with Crippen LogP contribution in [0.15, 0.2) is 29.2 Å². The molecule has 0 aliphatic rings. The summed E-state index contributed by atoms with van der Waals surface area (Å²) in [5.74, 6) is 0. The van der Waals surface area contributed by atoms with E-state index < -0.39 is 11.1 Å². The molecule has 0 aliphatic heterocycles. The van der Waals surface area contributed by atoms with Gasteiger partial charge in [-0.15, -0.1) is 0 Å². The quantitative estimate of drug-likeness (QED) is 0.313. The minimum absolute atomic E-state index is 0. The van der Waals surface area contributed by atoms with E-state index >= 15 is 0 Å². The van der Waals surface area contributed by atoms with Crippen LogP contribution in [0.5, 0.6) is 0 Å². The van der Waals surface area contributed by atoms with E-state index in [0.29, 0.717) is 4.90 Å². The number of rotatable bonds is 13. The van der Waals surface area contributed by atoms with Gasteiger partial charge < -0.3 is 4.55 Å². The zero-order valence-electron chi connectivity index (χ0n) is 15.0. The van der Waals surface area contributed by atoms with Crippen molar-refractivity contribution >= 4 is 11.1 Å². The van der Waals surface area contributed by atoms with Gasteiger partial charge in [0.05, 0.1) is 0 Å². The number of hydrogen-bond donors (Lipinski definition) is 0. The summed E-state index contributed by atoms with van der Waals surface area (Å²) in [6, 6.07) is 7.25. The van der Waals surface area contributed by atoms with E-state index in [1.807, 2.05) is 12.1 Å². The maximum atomic E-state index is 10.8. The first-order valence-electron chi connectivity index (χ1n) is 8.92. The fourth-order valence-corrected chi connectivity index (χ4v) is 3.12. The molecular formula is C19H31NaO2S. The molecule has 1 unspecified atom stereocenters. The maximum Gasteiger partial charge on any atom is 1.00 e. The Bertz CT molecular complexity index is 406. The van der Waals surface area contributed by atoms with Gasteiger partial charge in [-0.3, -0.25) is 4.21 Å². The van der Waals surface area contributed by atoms with Crippen LogP contribution >= 0.6 is 0 Å². The molecule has 126 valence electrons. The molecule has 1 rings (SSSR count). The zero-order valence-corrected chi connectivity index (χ0v) is 17.8. The topological polar surface area (TPSA) is 40.1 Å². The van der Waals surface area contributed by atoms with Gasteiger partial charge in [-0.2, -0.15) is 0 Å². The SMILES string of the molecule is CCCCCCCCCCCCCc1ccc(S(=O)[O-])cc1.[Na+]. The van der Waals surface area contributed by atoms with Crippen molar-refractivity contribution in [2.75, 3.05) is 0 Å². The number of hydrogen-bond acceptors (Lipinski definition) is 2. The van der Waals surface area contributed by atoms with Gasteiger partial charge >= 0.3 is 29.6 Å². The van der Waals surface area contributed by atoms with E-state index in [0.717, 1.165) is 6.42 Å². The van der Waals surface area contributed by atoms with Crippen LogP contribution in [0.4, 0.5) is 0 Å². The molecule has 0 amide bonds. The summed E-state index contributed by atoms with van der Waals surface area (Å²) >= 11 is -2.10. The Morgan fingerprint density at radius 1 is 0.783 bits per heavy atom. The summed E-state index contributed by atoms with van der Waals surface area (Å²) in [5.41, 5.74) is 1.24. The van der Waals surface area contributed by atoms with E-state index in [-0.39, 0.29) is 29.6 Å². The van der Waals surface area contributed by atoms with Crippen molar-refractivity contribution in [2.24, 2.45) is 0 Å². The maximum absolute atomic E-state index is 10.8. The smallest absolute Gasteiger partial charge is 0.768 e. The molecule has 0 saturated carbocycles. The Hall–Kier alpha value is 0.330. The average molecular weight is 347 g/mol. The molecule has 1 aromatic carbocycles. The molecule has 0 bridgehead atoms. The summed E-state index contributed by atoms with van der Waals surface area (Å²) in [6.07, 6.45) is 16.0. The molecule has 0 aromatic heterocycles. The summed E-state index contributed by atoms with van der Waals surface area (Å²) in [7, 11) is 0. The second-order valence-corrected chi connectivity index (χ2v) is 7.11. The first-order chi connectivity index (χ1) is 10.7. The Kier molecular flexibility index (Phi) is 16.1. The van der Waals surface area contributed by atoms with Crippen LogP contribution in [0.25, 0.3) is 0 Å². The van der Waals surface area contributed by atoms with E-state index in [1.165, 1.54) is 76.2 Å². The molecule has 0 aliphatic carbocycles. The van der Waals surface area contributed by atoms with Crippen LogP contribution < -0.4 is 29.6 Å². The number of benzene rings is 1. The third-order valence-electron chi connectivity index (χ3n) is 4.18. The first kappa shape index (κ1) is 23.3. The Labute approximate surface area is 167 Å². The van der Waals surface area contributed by atoms with Crippen molar-refractivity contribution in [3.05, 3.63) is 29.8 Å². The van der Waals surface area contributed by atoms with Gasteiger partial charge in [-0.25, -0.2) is 0 Å². The van der Waals surface area contributed by atoms with Gasteiger partial charge in [0.2, 0.25) is 0 Å². The molecule has 0 saturated heterocycles. The predicted octanol–water partition coefficient (Wildman–Crippen LogP) is 2.78. The molecule has 0 radical (unpaired) electrons. The molecule has 0 N–H and O–H groups in total. The molecule has 4 heteroatoms. The van der Waals surface area contributed by atoms with Crippen LogP contribution in [0.2, 0.25) is 0 Å². The first-order valence-corrected chi connectivity index (χ1v) is 9.99.